The Morgan fingerprint density at radius 3 is 2.46 bits per heavy atom. The lowest BCUT2D eigenvalue weighted by Gasteiger charge is -2.12. The molecule has 3 rings (SSSR count). The predicted octanol–water partition coefficient (Wildman–Crippen LogP) is 4.79. The topological polar surface area (TPSA) is 60.9 Å². The third-order valence-corrected chi connectivity index (χ3v) is 5.25. The van der Waals surface area contributed by atoms with Crippen molar-refractivity contribution in [2.24, 2.45) is 5.73 Å². The van der Waals surface area contributed by atoms with Gasteiger partial charge >= 0.3 is 0 Å². The van der Waals surface area contributed by atoms with E-state index in [4.69, 9.17) is 5.73 Å². The van der Waals surface area contributed by atoms with Crippen LogP contribution in [0.5, 0.6) is 0 Å². The number of primary amides is 1. The van der Waals surface area contributed by atoms with Crippen LogP contribution >= 0.6 is 23.7 Å². The van der Waals surface area contributed by atoms with Gasteiger partial charge in [0.2, 0.25) is 5.91 Å². The van der Waals surface area contributed by atoms with E-state index in [1.165, 1.54) is 16.9 Å². The number of thiazole rings is 1. The molecular formula is C20H24ClN3OS. The lowest BCUT2D eigenvalue weighted by Crippen LogP contribution is -2.13. The molecule has 0 saturated carbocycles. The first-order valence-corrected chi connectivity index (χ1v) is 9.27. The zero-order chi connectivity index (χ0) is 18.1. The van der Waals surface area contributed by atoms with Crippen molar-refractivity contribution >= 4 is 29.7 Å². The quantitative estimate of drug-likeness (QED) is 0.681. The molecule has 0 spiro atoms. The molecule has 0 aliphatic carbocycles. The number of nitrogens with zero attached hydrogens (tertiary/aromatic N) is 2. The predicted molar refractivity (Wildman–Crippen MR) is 111 cm³/mol. The first-order chi connectivity index (χ1) is 11.9. The Balaban J connectivity index is 0.00000243. The molecule has 0 radical (unpaired) electrons. The van der Waals surface area contributed by atoms with Crippen LogP contribution in [0.2, 0.25) is 0 Å². The Bertz CT molecular complexity index is 910. The minimum absolute atomic E-state index is 0. The van der Waals surface area contributed by atoms with E-state index in [1.807, 2.05) is 5.38 Å². The van der Waals surface area contributed by atoms with Gasteiger partial charge in [-0.05, 0) is 43.5 Å². The summed E-state index contributed by atoms with van der Waals surface area (Å²) >= 11 is 1.48. The van der Waals surface area contributed by atoms with E-state index >= 15 is 0 Å². The number of hydrogen-bond donors (Lipinski definition) is 1. The van der Waals surface area contributed by atoms with Crippen molar-refractivity contribution in [1.82, 2.24) is 9.55 Å². The molecule has 2 heterocycles. The van der Waals surface area contributed by atoms with Crippen molar-refractivity contribution in [3.05, 3.63) is 57.7 Å². The first kappa shape index (κ1) is 20.2. The lowest BCUT2D eigenvalue weighted by molar-refractivity contribution is -0.117. The van der Waals surface area contributed by atoms with E-state index in [0.29, 0.717) is 5.92 Å². The summed E-state index contributed by atoms with van der Waals surface area (Å²) in [7, 11) is 0. The van der Waals surface area contributed by atoms with Crippen LogP contribution in [0, 0.1) is 13.8 Å². The Morgan fingerprint density at radius 2 is 1.88 bits per heavy atom. The summed E-state index contributed by atoms with van der Waals surface area (Å²) < 4.78 is 2.24. The number of amides is 1. The molecular weight excluding hydrogens is 366 g/mol. The molecule has 0 saturated heterocycles. The first-order valence-electron chi connectivity index (χ1n) is 8.39. The Kier molecular flexibility index (Phi) is 6.26. The number of aromatic nitrogens is 2. The number of hydrogen-bond acceptors (Lipinski definition) is 3. The van der Waals surface area contributed by atoms with E-state index < -0.39 is 0 Å². The van der Waals surface area contributed by atoms with Crippen LogP contribution in [0.15, 0.2) is 35.7 Å². The van der Waals surface area contributed by atoms with Crippen LogP contribution in [0.3, 0.4) is 0 Å². The van der Waals surface area contributed by atoms with Crippen LogP contribution in [-0.4, -0.2) is 15.5 Å². The SMILES string of the molecule is Cc1cc(-c2csc(CC(N)=O)n2)c(C)n1-c1ccc(C(C)C)cc1.Cl. The summed E-state index contributed by atoms with van der Waals surface area (Å²) in [5, 5.41) is 2.75. The molecule has 0 bridgehead atoms. The van der Waals surface area contributed by atoms with E-state index in [1.54, 1.807) is 0 Å². The van der Waals surface area contributed by atoms with Gasteiger partial charge in [0.25, 0.3) is 0 Å². The van der Waals surface area contributed by atoms with E-state index in [2.05, 4.69) is 67.6 Å². The third kappa shape index (κ3) is 4.00. The van der Waals surface area contributed by atoms with Crippen LogP contribution in [0.4, 0.5) is 0 Å². The number of benzene rings is 1. The molecule has 0 aliphatic heterocycles. The summed E-state index contributed by atoms with van der Waals surface area (Å²) in [5.74, 6) is 0.173. The maximum absolute atomic E-state index is 11.1. The molecule has 0 fully saturated rings. The number of halogens is 1. The van der Waals surface area contributed by atoms with Gasteiger partial charge in [0, 0.05) is 28.0 Å². The molecule has 2 N–H and O–H groups in total. The minimum atomic E-state index is -0.350. The smallest absolute Gasteiger partial charge is 0.224 e. The van der Waals surface area contributed by atoms with Gasteiger partial charge < -0.3 is 10.3 Å². The van der Waals surface area contributed by atoms with Gasteiger partial charge in [-0.1, -0.05) is 26.0 Å². The summed E-state index contributed by atoms with van der Waals surface area (Å²) in [4.78, 5) is 15.7. The molecule has 26 heavy (non-hydrogen) atoms. The largest absolute Gasteiger partial charge is 0.369 e. The van der Waals surface area contributed by atoms with Gasteiger partial charge in [-0.15, -0.1) is 23.7 Å². The third-order valence-electron chi connectivity index (χ3n) is 4.40. The number of carbonyl (C=O) groups excluding carboxylic acids is 1. The molecule has 0 unspecified atom stereocenters. The molecule has 3 aromatic rings. The second-order valence-electron chi connectivity index (χ2n) is 6.64. The molecule has 6 heteroatoms. The van der Waals surface area contributed by atoms with Crippen molar-refractivity contribution in [3.63, 3.8) is 0 Å². The van der Waals surface area contributed by atoms with Gasteiger partial charge in [0.15, 0.2) is 0 Å². The van der Waals surface area contributed by atoms with Crippen molar-refractivity contribution in [3.8, 4) is 16.9 Å². The minimum Gasteiger partial charge on any atom is -0.369 e. The number of rotatable bonds is 5. The van der Waals surface area contributed by atoms with Crippen molar-refractivity contribution in [1.29, 1.82) is 0 Å². The van der Waals surface area contributed by atoms with Crippen LogP contribution in [0.25, 0.3) is 16.9 Å². The van der Waals surface area contributed by atoms with Gasteiger partial charge in [-0.2, -0.15) is 0 Å². The van der Waals surface area contributed by atoms with Crippen molar-refractivity contribution in [2.75, 3.05) is 0 Å². The maximum atomic E-state index is 11.1. The Hall–Kier alpha value is -2.11. The highest BCUT2D eigenvalue weighted by molar-refractivity contribution is 7.10. The highest BCUT2D eigenvalue weighted by atomic mass is 35.5. The van der Waals surface area contributed by atoms with Crippen LogP contribution < -0.4 is 5.73 Å². The van der Waals surface area contributed by atoms with E-state index in [-0.39, 0.29) is 24.7 Å². The summed E-state index contributed by atoms with van der Waals surface area (Å²) in [5.41, 5.74) is 12.1. The second kappa shape index (κ2) is 8.06. The standard InChI is InChI=1S/C20H23N3OS.ClH/c1-12(2)15-5-7-16(8-6-15)23-13(3)9-17(14(23)4)18-11-25-20(22-18)10-19(21)24;/h5-9,11-12H,10H2,1-4H3,(H2,21,24);1H. The molecule has 4 nitrogen and oxygen atoms in total. The maximum Gasteiger partial charge on any atom is 0.224 e. The molecule has 2 aromatic heterocycles. The average Bonchev–Trinajstić information content (AvgIpc) is 3.11. The molecule has 138 valence electrons. The van der Waals surface area contributed by atoms with Crippen LogP contribution in [0.1, 0.15) is 41.7 Å². The normalized spacial score (nSPS) is 10.8. The summed E-state index contributed by atoms with van der Waals surface area (Å²) in [6.07, 6.45) is 0.195. The molecule has 1 amide bonds. The number of carbonyl (C=O) groups is 1. The fourth-order valence-corrected chi connectivity index (χ4v) is 3.90. The van der Waals surface area contributed by atoms with Crippen LogP contribution in [-0.2, 0) is 11.2 Å². The summed E-state index contributed by atoms with van der Waals surface area (Å²) in [6, 6.07) is 10.9. The van der Waals surface area contributed by atoms with Crippen molar-refractivity contribution in [2.45, 2.75) is 40.0 Å². The van der Waals surface area contributed by atoms with Gasteiger partial charge in [-0.3, -0.25) is 4.79 Å². The Morgan fingerprint density at radius 1 is 1.23 bits per heavy atom. The Labute approximate surface area is 164 Å². The monoisotopic (exact) mass is 389 g/mol. The second-order valence-corrected chi connectivity index (χ2v) is 7.58. The van der Waals surface area contributed by atoms with Gasteiger partial charge in [-0.25, -0.2) is 4.98 Å². The fraction of sp³-hybridized carbons (Fsp3) is 0.300. The summed E-state index contributed by atoms with van der Waals surface area (Å²) in [6.45, 7) is 8.60. The highest BCUT2D eigenvalue weighted by Gasteiger charge is 2.15. The fourth-order valence-electron chi connectivity index (χ4n) is 3.09. The van der Waals surface area contributed by atoms with Crippen molar-refractivity contribution < 1.29 is 4.79 Å². The zero-order valence-electron chi connectivity index (χ0n) is 15.4. The molecule has 0 aliphatic rings. The number of nitrogens with two attached hydrogens (primary N) is 1. The van der Waals surface area contributed by atoms with E-state index in [9.17, 15) is 4.79 Å². The zero-order valence-corrected chi connectivity index (χ0v) is 17.1. The van der Waals surface area contributed by atoms with Gasteiger partial charge in [0.05, 0.1) is 12.1 Å². The average molecular weight is 390 g/mol. The van der Waals surface area contributed by atoms with E-state index in [0.717, 1.165) is 33.3 Å². The molecule has 1 aromatic carbocycles. The van der Waals surface area contributed by atoms with Gasteiger partial charge in [0.1, 0.15) is 5.01 Å². The lowest BCUT2D eigenvalue weighted by atomic mass is 10.0. The highest BCUT2D eigenvalue weighted by Crippen LogP contribution is 2.30. The number of aryl methyl sites for hydroxylation is 1. The molecule has 0 atom stereocenters.